The number of hydrogen-bond acceptors (Lipinski definition) is 11. The maximum Gasteiger partial charge on any atom is 0.324 e. The van der Waals surface area contributed by atoms with Crippen molar-refractivity contribution in [2.24, 2.45) is 11.3 Å². The third-order valence-electron chi connectivity index (χ3n) is 13.7. The second kappa shape index (κ2) is 20.3. The number of aromatic hydroxyl groups is 1. The fourth-order valence-electron chi connectivity index (χ4n) is 10.2. The molecule has 0 spiro atoms. The number of carbonyl (C=O) groups excluding carboxylic acids is 5. The van der Waals surface area contributed by atoms with E-state index in [1.807, 2.05) is 38.2 Å². The van der Waals surface area contributed by atoms with E-state index in [4.69, 9.17) is 9.47 Å². The van der Waals surface area contributed by atoms with E-state index >= 15 is 0 Å². The molecule has 2 aromatic carbocycles. The van der Waals surface area contributed by atoms with Gasteiger partial charge in [-0.15, -0.1) is 0 Å². The predicted molar refractivity (Wildman–Crippen MR) is 257 cm³/mol. The van der Waals surface area contributed by atoms with Crippen LogP contribution in [0.1, 0.15) is 70.6 Å². The van der Waals surface area contributed by atoms with Crippen LogP contribution in [-0.2, 0) is 54.6 Å². The predicted octanol–water partition coefficient (Wildman–Crippen LogP) is 4.47. The number of cyclic esters (lactones) is 1. The summed E-state index contributed by atoms with van der Waals surface area (Å²) in [5.41, 5.74) is 9.77. The molecule has 4 aromatic rings. The summed E-state index contributed by atoms with van der Waals surface area (Å²) in [6, 6.07) is 10.0. The maximum atomic E-state index is 14.8. The van der Waals surface area contributed by atoms with Crippen LogP contribution in [0, 0.1) is 11.3 Å². The highest BCUT2D eigenvalue weighted by atomic mass is 16.5. The maximum absolute atomic E-state index is 14.8. The molecule has 4 atom stereocenters. The van der Waals surface area contributed by atoms with Crippen LogP contribution < -0.4 is 16.1 Å². The van der Waals surface area contributed by atoms with Crippen molar-refractivity contribution in [2.75, 3.05) is 60.0 Å². The van der Waals surface area contributed by atoms with Gasteiger partial charge in [-0.1, -0.05) is 39.8 Å². The van der Waals surface area contributed by atoms with Crippen LogP contribution in [0.2, 0.25) is 0 Å². The number of nitrogens with zero attached hydrogens (tertiary/aromatic N) is 6. The minimum atomic E-state index is -1.16. The summed E-state index contributed by atoms with van der Waals surface area (Å²) in [7, 11) is 3.27. The number of esters is 1. The molecule has 3 saturated heterocycles. The Bertz CT molecular complexity index is 2550. The zero-order chi connectivity index (χ0) is 48.4. The molecule has 8 rings (SSSR count). The summed E-state index contributed by atoms with van der Waals surface area (Å²) in [6.07, 6.45) is 5.75. The lowest BCUT2D eigenvalue weighted by atomic mass is 9.84. The van der Waals surface area contributed by atoms with Gasteiger partial charge in [0.2, 0.25) is 11.8 Å². The van der Waals surface area contributed by atoms with Gasteiger partial charge in [-0.3, -0.25) is 29.2 Å². The molecule has 4 aliphatic rings. The number of hydrazine groups is 1. The Hall–Kier alpha value is -6.04. The molecule has 4 aliphatic heterocycles. The minimum absolute atomic E-state index is 0.00505. The first-order valence-corrected chi connectivity index (χ1v) is 24.1. The molecule has 0 radical (unpaired) electrons. The monoisotopic (exact) mass is 934 g/mol. The fraction of sp³-hybridized carbons (Fsp3) is 0.529. The molecule has 364 valence electrons. The molecule has 5 amide bonds. The third-order valence-corrected chi connectivity index (χ3v) is 13.7. The number of ether oxygens (including phenoxy) is 2. The molecule has 6 bridgehead atoms. The number of urea groups is 1. The SMILES string of the molecule is CCn1c(-c2cnccc2COC)c2c3cc(ccc31)-c1cc(O)cc(c1)C[C@H](NC(=O)C(C(C)C)N(C)C(=O)N1CCCN(C(=O)[C@@H]3CN3)CC1)C(=O)N1CCC[C@H](N1)C(=O)OCC(C)(C)C2. The second-order valence-corrected chi connectivity index (χ2v) is 19.9. The Labute approximate surface area is 398 Å². The quantitative estimate of drug-likeness (QED) is 0.136. The zero-order valence-corrected chi connectivity index (χ0v) is 40.5. The van der Waals surface area contributed by atoms with Gasteiger partial charge >= 0.3 is 12.0 Å². The van der Waals surface area contributed by atoms with Gasteiger partial charge in [0.05, 0.1) is 24.9 Å². The van der Waals surface area contributed by atoms with Crippen molar-refractivity contribution in [3.63, 3.8) is 0 Å². The number of methoxy groups -OCH3 is 1. The second-order valence-electron chi connectivity index (χ2n) is 19.9. The average Bonchev–Trinajstić information content (AvgIpc) is 4.16. The molecule has 4 N–H and O–H groups in total. The van der Waals surface area contributed by atoms with Gasteiger partial charge < -0.3 is 44.5 Å². The summed E-state index contributed by atoms with van der Waals surface area (Å²) in [6.45, 7) is 13.8. The van der Waals surface area contributed by atoms with Crippen LogP contribution in [0.4, 0.5) is 4.79 Å². The topological polar surface area (TPSA) is 201 Å². The minimum Gasteiger partial charge on any atom is -0.508 e. The van der Waals surface area contributed by atoms with Crippen LogP contribution in [0.15, 0.2) is 54.9 Å². The van der Waals surface area contributed by atoms with Crippen LogP contribution in [0.3, 0.4) is 0 Å². The first-order valence-electron chi connectivity index (χ1n) is 24.1. The number of fused-ring (bicyclic) bond motifs is 6. The smallest absolute Gasteiger partial charge is 0.324 e. The van der Waals surface area contributed by atoms with Crippen molar-refractivity contribution in [1.82, 2.24) is 45.3 Å². The first kappa shape index (κ1) is 48.4. The van der Waals surface area contributed by atoms with Crippen molar-refractivity contribution < 1.29 is 38.6 Å². The Morgan fingerprint density at radius 3 is 2.51 bits per heavy atom. The Morgan fingerprint density at radius 1 is 1.01 bits per heavy atom. The Balaban J connectivity index is 1.16. The van der Waals surface area contributed by atoms with E-state index in [9.17, 15) is 29.1 Å². The lowest BCUT2D eigenvalue weighted by Crippen LogP contribution is -2.62. The van der Waals surface area contributed by atoms with Crippen molar-refractivity contribution in [2.45, 2.75) is 104 Å². The molecule has 3 fully saturated rings. The highest BCUT2D eigenvalue weighted by molar-refractivity contribution is 5.96. The van der Waals surface area contributed by atoms with E-state index in [1.165, 1.54) is 9.91 Å². The number of carbonyl (C=O) groups is 5. The number of pyridine rings is 1. The Kier molecular flexibility index (Phi) is 14.4. The number of phenolic OH excluding ortho intramolecular Hbond substituents is 1. The van der Waals surface area contributed by atoms with Gasteiger partial charge in [-0.2, -0.15) is 0 Å². The number of phenols is 1. The molecule has 17 nitrogen and oxygen atoms in total. The van der Waals surface area contributed by atoms with Crippen LogP contribution in [-0.4, -0.2) is 148 Å². The van der Waals surface area contributed by atoms with Gasteiger partial charge in [-0.05, 0) is 96.7 Å². The highest BCUT2D eigenvalue weighted by Gasteiger charge is 2.40. The molecule has 1 unspecified atom stereocenters. The lowest BCUT2D eigenvalue weighted by Gasteiger charge is -2.37. The summed E-state index contributed by atoms with van der Waals surface area (Å²) < 4.78 is 14.0. The lowest BCUT2D eigenvalue weighted by molar-refractivity contribution is -0.155. The first-order chi connectivity index (χ1) is 32.6. The van der Waals surface area contributed by atoms with Crippen LogP contribution in [0.5, 0.6) is 5.75 Å². The molecular weight excluding hydrogens is 867 g/mol. The molecule has 6 heterocycles. The van der Waals surface area contributed by atoms with Gasteiger partial charge in [0.25, 0.3) is 5.91 Å². The van der Waals surface area contributed by atoms with Gasteiger partial charge in [0.1, 0.15) is 23.9 Å². The van der Waals surface area contributed by atoms with Gasteiger partial charge in [0, 0.05) is 101 Å². The van der Waals surface area contributed by atoms with Crippen LogP contribution >= 0.6 is 0 Å². The van der Waals surface area contributed by atoms with E-state index in [0.29, 0.717) is 77.1 Å². The zero-order valence-electron chi connectivity index (χ0n) is 40.5. The van der Waals surface area contributed by atoms with E-state index in [1.54, 1.807) is 42.3 Å². The van der Waals surface area contributed by atoms with Gasteiger partial charge in [-0.25, -0.2) is 10.2 Å². The third kappa shape index (κ3) is 10.3. The number of aryl methyl sites for hydroxylation is 1. The normalized spacial score (nSPS) is 21.5. The van der Waals surface area contributed by atoms with Crippen molar-refractivity contribution in [3.8, 4) is 28.1 Å². The highest BCUT2D eigenvalue weighted by Crippen LogP contribution is 2.41. The van der Waals surface area contributed by atoms with Crippen molar-refractivity contribution in [1.29, 1.82) is 0 Å². The van der Waals surface area contributed by atoms with E-state index in [-0.39, 0.29) is 49.2 Å². The molecular formula is C51H67N9O8. The van der Waals surface area contributed by atoms with Crippen molar-refractivity contribution >= 4 is 40.6 Å². The number of amides is 5. The van der Waals surface area contributed by atoms with Crippen LogP contribution in [0.25, 0.3) is 33.3 Å². The molecule has 0 aliphatic carbocycles. The fourth-order valence-corrected chi connectivity index (χ4v) is 10.2. The summed E-state index contributed by atoms with van der Waals surface area (Å²) >= 11 is 0. The number of rotatable bonds is 9. The Morgan fingerprint density at radius 2 is 1.78 bits per heavy atom. The largest absolute Gasteiger partial charge is 0.508 e. The van der Waals surface area contributed by atoms with E-state index in [0.717, 1.165) is 44.4 Å². The molecule has 0 saturated carbocycles. The standard InChI is InChI=1S/C51H67N9O8/c1-8-59-43-13-12-33-25-37(43)38(45(59)39-27-52-15-14-34(39)29-67-7)26-51(4,5)30-68-49(65)40-11-9-18-60(55-40)48(64)41(23-32-21-35(33)24-36(61)22-32)54-46(62)44(31(2)3)56(6)50(66)58-17-10-16-57(19-20-58)47(63)42-28-53-42/h12-15,21-22,24-25,27,31,40-42,44,53,55,61H,8-11,16-20,23,26,28-30H2,1-7H3,(H,54,62)/t40-,41-,42-,44?/m0/s1. The summed E-state index contributed by atoms with van der Waals surface area (Å²) in [5.74, 6) is -1.78. The molecule has 17 heteroatoms. The van der Waals surface area contributed by atoms with E-state index in [2.05, 4.69) is 58.5 Å². The molecule has 68 heavy (non-hydrogen) atoms. The number of hydrogen-bond donors (Lipinski definition) is 4. The van der Waals surface area contributed by atoms with E-state index < -0.39 is 41.3 Å². The summed E-state index contributed by atoms with van der Waals surface area (Å²) in [5, 5.41) is 19.8. The number of benzene rings is 2. The number of likely N-dealkylation sites (N-methyl/N-ethyl adjacent to an activating group) is 1. The number of aromatic nitrogens is 2. The summed E-state index contributed by atoms with van der Waals surface area (Å²) in [4.78, 5) is 79.7. The van der Waals surface area contributed by atoms with Crippen molar-refractivity contribution in [3.05, 3.63) is 71.5 Å². The van der Waals surface area contributed by atoms with Gasteiger partial charge in [0.15, 0.2) is 0 Å². The average molecular weight is 934 g/mol. The molecule has 2 aromatic heterocycles. The number of nitrogens with one attached hydrogen (secondary N) is 3.